The van der Waals surface area contributed by atoms with Crippen LogP contribution in [0.2, 0.25) is 5.02 Å². The van der Waals surface area contributed by atoms with E-state index in [-0.39, 0.29) is 28.2 Å². The Balaban J connectivity index is 2.20. The first-order chi connectivity index (χ1) is 11.0. The number of halogens is 1. The molecule has 1 amide bonds. The molecule has 0 aromatic heterocycles. The van der Waals surface area contributed by atoms with Crippen molar-refractivity contribution in [2.75, 3.05) is 0 Å². The number of hydrogen-bond acceptors (Lipinski definition) is 3. The van der Waals surface area contributed by atoms with Crippen LogP contribution in [0.4, 0.5) is 5.69 Å². The van der Waals surface area contributed by atoms with Gasteiger partial charge in [0.1, 0.15) is 0 Å². The number of benzene rings is 2. The minimum atomic E-state index is -0.544. The molecule has 23 heavy (non-hydrogen) atoms. The summed E-state index contributed by atoms with van der Waals surface area (Å²) in [5.41, 5.74) is 1.11. The van der Waals surface area contributed by atoms with Crippen molar-refractivity contribution in [2.24, 2.45) is 0 Å². The van der Waals surface area contributed by atoms with Crippen LogP contribution in [0.5, 0.6) is 0 Å². The summed E-state index contributed by atoms with van der Waals surface area (Å²) in [4.78, 5) is 22.6. The zero-order valence-electron chi connectivity index (χ0n) is 12.7. The Morgan fingerprint density at radius 3 is 2.52 bits per heavy atom. The molecule has 0 heterocycles. The second-order valence-electron chi connectivity index (χ2n) is 5.15. The zero-order valence-corrected chi connectivity index (χ0v) is 13.4. The molecular weight excluding hydrogens is 316 g/mol. The highest BCUT2D eigenvalue weighted by Gasteiger charge is 2.18. The van der Waals surface area contributed by atoms with Gasteiger partial charge in [-0.1, -0.05) is 55.3 Å². The molecule has 5 nitrogen and oxygen atoms in total. The Morgan fingerprint density at radius 1 is 1.26 bits per heavy atom. The van der Waals surface area contributed by atoms with E-state index in [1.165, 1.54) is 18.2 Å². The van der Waals surface area contributed by atoms with Crippen molar-refractivity contribution >= 4 is 23.2 Å². The normalized spacial score (nSPS) is 11.7. The third kappa shape index (κ3) is 4.29. The molecule has 2 aromatic carbocycles. The maximum Gasteiger partial charge on any atom is 0.270 e. The smallest absolute Gasteiger partial charge is 0.270 e. The summed E-state index contributed by atoms with van der Waals surface area (Å²) in [6, 6.07) is 13.4. The highest BCUT2D eigenvalue weighted by molar-refractivity contribution is 6.34. The van der Waals surface area contributed by atoms with Gasteiger partial charge in [0, 0.05) is 12.1 Å². The first-order valence-electron chi connectivity index (χ1n) is 7.32. The van der Waals surface area contributed by atoms with Crippen molar-refractivity contribution in [1.29, 1.82) is 0 Å². The maximum atomic E-state index is 12.4. The molecule has 120 valence electrons. The molecule has 0 saturated heterocycles. The molecule has 2 rings (SSSR count). The fraction of sp³-hybridized carbons (Fsp3) is 0.235. The molecule has 1 atom stereocenters. The standard InChI is InChI=1S/C17H17ClN2O3/c1-2-6-16(12-7-4-3-5-8-12)19-17(21)14-10-9-13(20(22)23)11-15(14)18/h3-5,7-11,16H,2,6H2,1H3,(H,19,21)/t16-/m1/s1. The second-order valence-corrected chi connectivity index (χ2v) is 5.55. The number of nitrogens with one attached hydrogen (secondary N) is 1. The van der Waals surface area contributed by atoms with Gasteiger partial charge in [-0.25, -0.2) is 0 Å². The van der Waals surface area contributed by atoms with Gasteiger partial charge in [0.05, 0.1) is 21.6 Å². The van der Waals surface area contributed by atoms with E-state index in [2.05, 4.69) is 5.32 Å². The lowest BCUT2D eigenvalue weighted by Gasteiger charge is -2.19. The van der Waals surface area contributed by atoms with Crippen LogP contribution in [0.15, 0.2) is 48.5 Å². The van der Waals surface area contributed by atoms with E-state index < -0.39 is 4.92 Å². The number of carbonyl (C=O) groups is 1. The van der Waals surface area contributed by atoms with E-state index in [0.29, 0.717) is 0 Å². The molecular formula is C17H17ClN2O3. The van der Waals surface area contributed by atoms with Gasteiger partial charge in [0.2, 0.25) is 0 Å². The topological polar surface area (TPSA) is 72.2 Å². The number of nitro groups is 1. The average molecular weight is 333 g/mol. The van der Waals surface area contributed by atoms with E-state index in [9.17, 15) is 14.9 Å². The fourth-order valence-electron chi connectivity index (χ4n) is 2.33. The minimum absolute atomic E-state index is 0.0695. The Labute approximate surface area is 139 Å². The maximum absolute atomic E-state index is 12.4. The number of hydrogen-bond donors (Lipinski definition) is 1. The first kappa shape index (κ1) is 17.0. The third-order valence-electron chi connectivity index (χ3n) is 3.49. The van der Waals surface area contributed by atoms with Crippen LogP contribution >= 0.6 is 11.6 Å². The monoisotopic (exact) mass is 332 g/mol. The molecule has 0 aliphatic heterocycles. The number of carbonyl (C=O) groups excluding carboxylic acids is 1. The lowest BCUT2D eigenvalue weighted by molar-refractivity contribution is -0.384. The molecule has 0 radical (unpaired) electrons. The van der Waals surface area contributed by atoms with Gasteiger partial charge >= 0.3 is 0 Å². The van der Waals surface area contributed by atoms with Crippen LogP contribution in [-0.4, -0.2) is 10.8 Å². The van der Waals surface area contributed by atoms with Gasteiger partial charge in [0.25, 0.3) is 11.6 Å². The Hall–Kier alpha value is -2.40. The number of non-ortho nitro benzene ring substituents is 1. The lowest BCUT2D eigenvalue weighted by Crippen LogP contribution is -2.28. The van der Waals surface area contributed by atoms with Gasteiger partial charge in [-0.05, 0) is 18.1 Å². The number of amides is 1. The molecule has 0 fully saturated rings. The zero-order chi connectivity index (χ0) is 16.8. The average Bonchev–Trinajstić information content (AvgIpc) is 2.55. The second kappa shape index (κ2) is 7.74. The number of nitrogens with zero attached hydrogens (tertiary/aromatic N) is 1. The summed E-state index contributed by atoms with van der Waals surface area (Å²) < 4.78 is 0. The fourth-order valence-corrected chi connectivity index (χ4v) is 2.59. The molecule has 1 N–H and O–H groups in total. The van der Waals surface area contributed by atoms with Crippen molar-refractivity contribution < 1.29 is 9.72 Å². The van der Waals surface area contributed by atoms with Gasteiger partial charge < -0.3 is 5.32 Å². The van der Waals surface area contributed by atoms with Crippen molar-refractivity contribution in [3.63, 3.8) is 0 Å². The van der Waals surface area contributed by atoms with Gasteiger partial charge in [0.15, 0.2) is 0 Å². The molecule has 6 heteroatoms. The summed E-state index contributed by atoms with van der Waals surface area (Å²) in [6.07, 6.45) is 1.70. The van der Waals surface area contributed by atoms with Gasteiger partial charge in [-0.2, -0.15) is 0 Å². The first-order valence-corrected chi connectivity index (χ1v) is 7.70. The van der Waals surface area contributed by atoms with Crippen molar-refractivity contribution in [1.82, 2.24) is 5.32 Å². The molecule has 2 aromatic rings. The molecule has 0 saturated carbocycles. The van der Waals surface area contributed by atoms with Crippen LogP contribution in [0.3, 0.4) is 0 Å². The van der Waals surface area contributed by atoms with Crippen LogP contribution < -0.4 is 5.32 Å². The minimum Gasteiger partial charge on any atom is -0.345 e. The van der Waals surface area contributed by atoms with Gasteiger partial charge in [-0.3, -0.25) is 14.9 Å². The van der Waals surface area contributed by atoms with Gasteiger partial charge in [-0.15, -0.1) is 0 Å². The van der Waals surface area contributed by atoms with Crippen LogP contribution in [0, 0.1) is 10.1 Å². The molecule has 0 bridgehead atoms. The van der Waals surface area contributed by atoms with E-state index in [4.69, 9.17) is 11.6 Å². The van der Waals surface area contributed by atoms with Crippen molar-refractivity contribution in [3.05, 3.63) is 74.8 Å². The van der Waals surface area contributed by atoms with Crippen molar-refractivity contribution in [3.8, 4) is 0 Å². The Kier molecular flexibility index (Phi) is 5.71. The van der Waals surface area contributed by atoms with E-state index in [0.717, 1.165) is 18.4 Å². The quantitative estimate of drug-likeness (QED) is 0.624. The molecule has 0 spiro atoms. The number of rotatable bonds is 6. The molecule has 0 aliphatic rings. The third-order valence-corrected chi connectivity index (χ3v) is 3.81. The SMILES string of the molecule is CCC[C@@H](NC(=O)c1ccc([N+](=O)[O-])cc1Cl)c1ccccc1. The summed E-state index contributed by atoms with van der Waals surface area (Å²) in [7, 11) is 0. The van der Waals surface area contributed by atoms with Crippen LogP contribution in [0.25, 0.3) is 0 Å². The summed E-state index contributed by atoms with van der Waals surface area (Å²) >= 11 is 6.01. The highest BCUT2D eigenvalue weighted by atomic mass is 35.5. The Bertz CT molecular complexity index is 704. The number of nitro benzene ring substituents is 1. The van der Waals surface area contributed by atoms with E-state index >= 15 is 0 Å². The Morgan fingerprint density at radius 2 is 1.96 bits per heavy atom. The highest BCUT2D eigenvalue weighted by Crippen LogP contribution is 2.24. The predicted molar refractivity (Wildman–Crippen MR) is 89.7 cm³/mol. The summed E-state index contributed by atoms with van der Waals surface area (Å²) in [5.74, 6) is -0.341. The van der Waals surface area contributed by atoms with Crippen LogP contribution in [0.1, 0.15) is 41.7 Å². The largest absolute Gasteiger partial charge is 0.345 e. The lowest BCUT2D eigenvalue weighted by atomic mass is 10.0. The summed E-state index contributed by atoms with van der Waals surface area (Å²) in [5, 5.41) is 13.7. The van der Waals surface area contributed by atoms with E-state index in [1.54, 1.807) is 0 Å². The van der Waals surface area contributed by atoms with E-state index in [1.807, 2.05) is 37.3 Å². The predicted octanol–water partition coefficient (Wildman–Crippen LogP) is 4.52. The van der Waals surface area contributed by atoms with Crippen LogP contribution in [-0.2, 0) is 0 Å². The van der Waals surface area contributed by atoms with Crippen molar-refractivity contribution in [2.45, 2.75) is 25.8 Å². The molecule has 0 aliphatic carbocycles. The summed E-state index contributed by atoms with van der Waals surface area (Å²) in [6.45, 7) is 2.04. The molecule has 0 unspecified atom stereocenters.